The number of H-pyrrole nitrogens is 1. The number of likely N-dealkylation sites (tertiary alicyclic amines) is 1. The second kappa shape index (κ2) is 3.94. The number of nitrogens with one attached hydrogen (secondary N) is 1. The van der Waals surface area contributed by atoms with Crippen LogP contribution in [0.4, 0.5) is 0 Å². The molecule has 1 aliphatic rings. The van der Waals surface area contributed by atoms with Gasteiger partial charge in [-0.05, 0) is 38.1 Å². The van der Waals surface area contributed by atoms with Crippen LogP contribution in [0.2, 0.25) is 0 Å². The number of rotatable bonds is 3. The van der Waals surface area contributed by atoms with E-state index in [0.29, 0.717) is 0 Å². The third-order valence-corrected chi connectivity index (χ3v) is 2.74. The normalized spacial score (nSPS) is 20.7. The molecule has 1 fully saturated rings. The molecule has 1 aliphatic heterocycles. The first-order chi connectivity index (χ1) is 6.42. The second-order valence-corrected chi connectivity index (χ2v) is 3.57. The molecule has 3 heteroatoms. The van der Waals surface area contributed by atoms with Gasteiger partial charge in [-0.25, -0.2) is 0 Å². The van der Waals surface area contributed by atoms with Crippen LogP contribution >= 0.6 is 0 Å². The van der Waals surface area contributed by atoms with Gasteiger partial charge in [-0.3, -0.25) is 4.90 Å². The van der Waals surface area contributed by atoms with Gasteiger partial charge in [0.2, 0.25) is 0 Å². The van der Waals surface area contributed by atoms with Crippen molar-refractivity contribution in [2.24, 2.45) is 0 Å². The zero-order valence-corrected chi connectivity index (χ0v) is 7.74. The third-order valence-electron chi connectivity index (χ3n) is 2.74. The van der Waals surface area contributed by atoms with Gasteiger partial charge < -0.3 is 10.1 Å². The summed E-state index contributed by atoms with van der Waals surface area (Å²) in [5.74, 6) is 0. The van der Waals surface area contributed by atoms with E-state index in [1.165, 1.54) is 12.8 Å². The summed E-state index contributed by atoms with van der Waals surface area (Å²) in [6.45, 7) is 2.44. The molecule has 3 nitrogen and oxygen atoms in total. The first-order valence-electron chi connectivity index (χ1n) is 4.90. The van der Waals surface area contributed by atoms with Crippen molar-refractivity contribution < 1.29 is 5.11 Å². The molecule has 0 saturated carbocycles. The molecule has 13 heavy (non-hydrogen) atoms. The number of aromatic amines is 1. The highest BCUT2D eigenvalue weighted by Gasteiger charge is 2.22. The fourth-order valence-corrected chi connectivity index (χ4v) is 2.02. The average Bonchev–Trinajstić information content (AvgIpc) is 2.76. The van der Waals surface area contributed by atoms with Crippen molar-refractivity contribution in [2.45, 2.75) is 18.9 Å². The Bertz CT molecular complexity index is 239. The molecule has 72 valence electrons. The quantitative estimate of drug-likeness (QED) is 0.732. The fraction of sp³-hybridized carbons (Fsp3) is 0.600. The molecule has 2 rings (SSSR count). The Morgan fingerprint density at radius 1 is 1.46 bits per heavy atom. The van der Waals surface area contributed by atoms with Crippen molar-refractivity contribution in [3.8, 4) is 0 Å². The van der Waals surface area contributed by atoms with Gasteiger partial charge in [-0.1, -0.05) is 0 Å². The van der Waals surface area contributed by atoms with Crippen LogP contribution in [0.25, 0.3) is 0 Å². The summed E-state index contributed by atoms with van der Waals surface area (Å²) in [6.07, 6.45) is 4.43. The van der Waals surface area contributed by atoms with Crippen molar-refractivity contribution in [1.29, 1.82) is 0 Å². The first kappa shape index (κ1) is 8.78. The van der Waals surface area contributed by atoms with Crippen LogP contribution < -0.4 is 0 Å². The monoisotopic (exact) mass is 180 g/mol. The number of nitrogens with zero attached hydrogens (tertiary/aromatic N) is 1. The zero-order valence-electron chi connectivity index (χ0n) is 7.74. The molecular formula is C10H16N2O. The highest BCUT2D eigenvalue weighted by Crippen LogP contribution is 2.22. The van der Waals surface area contributed by atoms with Crippen LogP contribution in [-0.4, -0.2) is 34.7 Å². The number of aromatic nitrogens is 1. The average molecular weight is 180 g/mol. The Balaban J connectivity index is 2.08. The largest absolute Gasteiger partial charge is 0.394 e. The summed E-state index contributed by atoms with van der Waals surface area (Å²) >= 11 is 0. The molecule has 1 aromatic rings. The number of aliphatic hydroxyl groups excluding tert-OH is 1. The molecule has 1 atom stereocenters. The van der Waals surface area contributed by atoms with Crippen molar-refractivity contribution in [3.63, 3.8) is 0 Å². The van der Waals surface area contributed by atoms with Crippen LogP contribution in [-0.2, 0) is 0 Å². The van der Waals surface area contributed by atoms with E-state index in [9.17, 15) is 5.11 Å². The van der Waals surface area contributed by atoms with E-state index in [4.69, 9.17) is 0 Å². The summed E-state index contributed by atoms with van der Waals surface area (Å²) < 4.78 is 0. The van der Waals surface area contributed by atoms with E-state index in [1.807, 2.05) is 18.3 Å². The van der Waals surface area contributed by atoms with Gasteiger partial charge in [0.05, 0.1) is 12.6 Å². The highest BCUT2D eigenvalue weighted by atomic mass is 16.3. The lowest BCUT2D eigenvalue weighted by Crippen LogP contribution is -2.28. The van der Waals surface area contributed by atoms with Crippen LogP contribution in [0.15, 0.2) is 18.3 Å². The third kappa shape index (κ3) is 1.76. The lowest BCUT2D eigenvalue weighted by molar-refractivity contribution is 0.144. The van der Waals surface area contributed by atoms with Gasteiger partial charge in [0.1, 0.15) is 0 Å². The van der Waals surface area contributed by atoms with Crippen molar-refractivity contribution >= 4 is 0 Å². The Morgan fingerprint density at radius 3 is 2.77 bits per heavy atom. The maximum absolute atomic E-state index is 9.30. The summed E-state index contributed by atoms with van der Waals surface area (Å²) in [7, 11) is 0. The van der Waals surface area contributed by atoms with Crippen LogP contribution in [0.5, 0.6) is 0 Å². The zero-order chi connectivity index (χ0) is 9.10. The topological polar surface area (TPSA) is 39.3 Å². The number of aliphatic hydroxyl groups is 1. The maximum atomic E-state index is 9.30. The highest BCUT2D eigenvalue weighted by molar-refractivity contribution is 5.09. The van der Waals surface area contributed by atoms with E-state index >= 15 is 0 Å². The van der Waals surface area contributed by atoms with E-state index in [1.54, 1.807) is 0 Å². The van der Waals surface area contributed by atoms with E-state index in [0.717, 1.165) is 18.8 Å². The van der Waals surface area contributed by atoms with Gasteiger partial charge in [0.15, 0.2) is 0 Å². The summed E-state index contributed by atoms with van der Waals surface area (Å²) in [4.78, 5) is 5.50. The van der Waals surface area contributed by atoms with Crippen molar-refractivity contribution in [2.75, 3.05) is 19.7 Å². The predicted molar refractivity (Wildman–Crippen MR) is 51.4 cm³/mol. The number of hydrogen-bond acceptors (Lipinski definition) is 2. The number of hydrogen-bond donors (Lipinski definition) is 2. The smallest absolute Gasteiger partial charge is 0.0732 e. The fourth-order valence-electron chi connectivity index (χ4n) is 2.02. The molecule has 1 aromatic heterocycles. The Morgan fingerprint density at radius 2 is 2.23 bits per heavy atom. The molecule has 1 unspecified atom stereocenters. The van der Waals surface area contributed by atoms with Crippen LogP contribution in [0.1, 0.15) is 24.6 Å². The molecular weight excluding hydrogens is 164 g/mol. The summed E-state index contributed by atoms with van der Waals surface area (Å²) in [5, 5.41) is 9.30. The molecule has 0 amide bonds. The molecule has 0 spiro atoms. The van der Waals surface area contributed by atoms with Gasteiger partial charge >= 0.3 is 0 Å². The molecule has 0 radical (unpaired) electrons. The lowest BCUT2D eigenvalue weighted by Gasteiger charge is -2.24. The minimum Gasteiger partial charge on any atom is -0.394 e. The SMILES string of the molecule is OCC(c1ccc[nH]1)N1CCCC1. The van der Waals surface area contributed by atoms with Gasteiger partial charge in [0.25, 0.3) is 0 Å². The molecule has 0 aromatic carbocycles. The maximum Gasteiger partial charge on any atom is 0.0732 e. The van der Waals surface area contributed by atoms with E-state index in [2.05, 4.69) is 9.88 Å². The molecule has 1 saturated heterocycles. The Labute approximate surface area is 78.4 Å². The predicted octanol–water partition coefficient (Wildman–Crippen LogP) is 1.14. The molecule has 2 N–H and O–H groups in total. The lowest BCUT2D eigenvalue weighted by atomic mass is 10.2. The first-order valence-corrected chi connectivity index (χ1v) is 4.90. The van der Waals surface area contributed by atoms with Crippen molar-refractivity contribution in [1.82, 2.24) is 9.88 Å². The molecule has 2 heterocycles. The van der Waals surface area contributed by atoms with Crippen LogP contribution in [0.3, 0.4) is 0 Å². The van der Waals surface area contributed by atoms with Gasteiger partial charge in [-0.15, -0.1) is 0 Å². The molecule has 0 aliphatic carbocycles. The summed E-state index contributed by atoms with van der Waals surface area (Å²) in [5.41, 5.74) is 1.13. The van der Waals surface area contributed by atoms with Gasteiger partial charge in [-0.2, -0.15) is 0 Å². The van der Waals surface area contributed by atoms with E-state index in [-0.39, 0.29) is 12.6 Å². The minimum absolute atomic E-state index is 0.178. The van der Waals surface area contributed by atoms with E-state index < -0.39 is 0 Å². The van der Waals surface area contributed by atoms with Crippen molar-refractivity contribution in [3.05, 3.63) is 24.0 Å². The Kier molecular flexibility index (Phi) is 2.66. The summed E-state index contributed by atoms with van der Waals surface area (Å²) in [6, 6.07) is 4.20. The second-order valence-electron chi connectivity index (χ2n) is 3.57. The standard InChI is InChI=1S/C10H16N2O/c13-8-10(9-4-3-5-11-9)12-6-1-2-7-12/h3-5,10-11,13H,1-2,6-8H2. The Hall–Kier alpha value is -0.800. The van der Waals surface area contributed by atoms with Crippen LogP contribution in [0, 0.1) is 0 Å². The van der Waals surface area contributed by atoms with Gasteiger partial charge in [0, 0.05) is 11.9 Å². The minimum atomic E-state index is 0.178. The molecule has 0 bridgehead atoms.